The second-order valence-electron chi connectivity index (χ2n) is 5.69. The van der Waals surface area contributed by atoms with Crippen LogP contribution in [0, 0.1) is 0 Å². The number of hydrogen-bond donors (Lipinski definition) is 1. The number of pyridine rings is 1. The number of halogens is 1. The predicted molar refractivity (Wildman–Crippen MR) is 100 cm³/mol. The first-order chi connectivity index (χ1) is 12.1. The Morgan fingerprint density at radius 1 is 0.920 bits per heavy atom. The van der Waals surface area contributed by atoms with Gasteiger partial charge in [0.05, 0.1) is 13.0 Å². The first-order valence-electron chi connectivity index (χ1n) is 7.89. The highest BCUT2D eigenvalue weighted by atomic mass is 35.5. The third-order valence-electron chi connectivity index (χ3n) is 3.77. The molecule has 0 aliphatic heterocycles. The summed E-state index contributed by atoms with van der Waals surface area (Å²) in [5, 5.41) is 3.35. The second-order valence-corrected chi connectivity index (χ2v) is 6.13. The van der Waals surface area contributed by atoms with E-state index in [-0.39, 0.29) is 23.6 Å². The summed E-state index contributed by atoms with van der Waals surface area (Å²) in [6.45, 7) is 0.415. The Kier molecular flexibility index (Phi) is 5.31. The molecule has 1 aromatic heterocycles. The van der Waals surface area contributed by atoms with E-state index in [0.717, 1.165) is 11.1 Å². The smallest absolute Gasteiger partial charge is 0.274 e. The average Bonchev–Trinajstić information content (AvgIpc) is 2.61. The maximum Gasteiger partial charge on any atom is 0.274 e. The summed E-state index contributed by atoms with van der Waals surface area (Å²) in [6, 6.07) is 20.1. The van der Waals surface area contributed by atoms with Gasteiger partial charge in [0.1, 0.15) is 5.69 Å². The fraction of sp³-hybridized carbons (Fsp3) is 0.100. The maximum atomic E-state index is 12.6. The summed E-state index contributed by atoms with van der Waals surface area (Å²) in [5.74, 6) is -0.215. The van der Waals surface area contributed by atoms with Crippen LogP contribution in [0.25, 0.3) is 0 Å². The summed E-state index contributed by atoms with van der Waals surface area (Å²) in [4.78, 5) is 24.7. The molecule has 1 amide bonds. The largest absolute Gasteiger partial charge is 0.321 e. The van der Waals surface area contributed by atoms with E-state index in [9.17, 15) is 9.59 Å². The van der Waals surface area contributed by atoms with Crippen LogP contribution in [0.5, 0.6) is 0 Å². The van der Waals surface area contributed by atoms with Crippen molar-refractivity contribution < 1.29 is 4.79 Å². The van der Waals surface area contributed by atoms with Crippen molar-refractivity contribution in [1.29, 1.82) is 0 Å². The van der Waals surface area contributed by atoms with Crippen LogP contribution in [0.2, 0.25) is 5.02 Å². The highest BCUT2D eigenvalue weighted by Gasteiger charge is 2.08. The Balaban J connectivity index is 1.73. The SMILES string of the molecule is O=C(Cc1ccccc1)Nc1cccn(Cc2ccc(Cl)cc2)c1=O. The maximum absolute atomic E-state index is 12.6. The Morgan fingerprint density at radius 2 is 1.64 bits per heavy atom. The Morgan fingerprint density at radius 3 is 2.36 bits per heavy atom. The van der Waals surface area contributed by atoms with Crippen molar-refractivity contribution in [3.05, 3.63) is 99.4 Å². The van der Waals surface area contributed by atoms with E-state index >= 15 is 0 Å². The van der Waals surface area contributed by atoms with Crippen LogP contribution in [0.15, 0.2) is 77.7 Å². The fourth-order valence-corrected chi connectivity index (χ4v) is 2.64. The molecule has 0 bridgehead atoms. The topological polar surface area (TPSA) is 51.1 Å². The number of nitrogens with one attached hydrogen (secondary N) is 1. The number of carbonyl (C=O) groups excluding carboxylic acids is 1. The highest BCUT2D eigenvalue weighted by Crippen LogP contribution is 2.11. The molecule has 1 N–H and O–H groups in total. The monoisotopic (exact) mass is 352 g/mol. The minimum atomic E-state index is -0.237. The van der Waals surface area contributed by atoms with Crippen LogP contribution in [0.1, 0.15) is 11.1 Å². The molecule has 4 nitrogen and oxygen atoms in total. The van der Waals surface area contributed by atoms with Crippen molar-refractivity contribution in [2.24, 2.45) is 0 Å². The van der Waals surface area contributed by atoms with E-state index in [1.807, 2.05) is 42.5 Å². The molecule has 0 radical (unpaired) electrons. The second kappa shape index (κ2) is 7.81. The molecule has 0 spiro atoms. The zero-order chi connectivity index (χ0) is 17.6. The van der Waals surface area contributed by atoms with Crippen molar-refractivity contribution in [3.8, 4) is 0 Å². The molecule has 25 heavy (non-hydrogen) atoms. The van der Waals surface area contributed by atoms with Crippen LogP contribution >= 0.6 is 11.6 Å². The van der Waals surface area contributed by atoms with Gasteiger partial charge >= 0.3 is 0 Å². The van der Waals surface area contributed by atoms with E-state index in [0.29, 0.717) is 11.6 Å². The lowest BCUT2D eigenvalue weighted by molar-refractivity contribution is -0.115. The predicted octanol–water partition coefficient (Wildman–Crippen LogP) is 3.73. The minimum Gasteiger partial charge on any atom is -0.321 e. The molecule has 0 aliphatic carbocycles. The van der Waals surface area contributed by atoms with Gasteiger partial charge in [-0.05, 0) is 35.4 Å². The summed E-state index contributed by atoms with van der Waals surface area (Å²) in [5.41, 5.74) is 1.90. The lowest BCUT2D eigenvalue weighted by Gasteiger charge is -2.09. The van der Waals surface area contributed by atoms with E-state index in [1.165, 1.54) is 0 Å². The van der Waals surface area contributed by atoms with Gasteiger partial charge in [-0.15, -0.1) is 0 Å². The van der Waals surface area contributed by atoms with Crippen molar-refractivity contribution >= 4 is 23.2 Å². The van der Waals surface area contributed by atoms with E-state index in [4.69, 9.17) is 11.6 Å². The number of carbonyl (C=O) groups is 1. The van der Waals surface area contributed by atoms with Crippen LogP contribution in [0.4, 0.5) is 5.69 Å². The van der Waals surface area contributed by atoms with Gasteiger partial charge in [0, 0.05) is 11.2 Å². The molecule has 0 unspecified atom stereocenters. The first kappa shape index (κ1) is 17.0. The molecule has 5 heteroatoms. The number of amides is 1. The molecule has 0 saturated heterocycles. The molecule has 1 heterocycles. The van der Waals surface area contributed by atoms with Gasteiger partial charge in [-0.3, -0.25) is 9.59 Å². The molecular formula is C20H17ClN2O2. The molecule has 2 aromatic carbocycles. The van der Waals surface area contributed by atoms with Crippen LogP contribution in [0.3, 0.4) is 0 Å². The third kappa shape index (κ3) is 4.58. The lowest BCUT2D eigenvalue weighted by atomic mass is 10.1. The zero-order valence-corrected chi connectivity index (χ0v) is 14.2. The number of rotatable bonds is 5. The van der Waals surface area contributed by atoms with Crippen LogP contribution in [-0.2, 0) is 17.8 Å². The zero-order valence-electron chi connectivity index (χ0n) is 13.5. The average molecular weight is 353 g/mol. The Labute approximate surface area is 150 Å². The molecular weight excluding hydrogens is 336 g/mol. The number of anilines is 1. The summed E-state index contributed by atoms with van der Waals surface area (Å²) >= 11 is 5.88. The Hall–Kier alpha value is -2.85. The van der Waals surface area contributed by atoms with Gasteiger partial charge in [-0.2, -0.15) is 0 Å². The molecule has 126 valence electrons. The van der Waals surface area contributed by atoms with Crippen molar-refractivity contribution in [1.82, 2.24) is 4.57 Å². The quantitative estimate of drug-likeness (QED) is 0.760. The van der Waals surface area contributed by atoms with Crippen molar-refractivity contribution in [2.45, 2.75) is 13.0 Å². The van der Waals surface area contributed by atoms with E-state index < -0.39 is 0 Å². The van der Waals surface area contributed by atoms with Gasteiger partial charge in [0.25, 0.3) is 5.56 Å². The molecule has 0 saturated carbocycles. The third-order valence-corrected chi connectivity index (χ3v) is 4.02. The number of hydrogen-bond acceptors (Lipinski definition) is 2. The number of aromatic nitrogens is 1. The molecule has 0 aliphatic rings. The van der Waals surface area contributed by atoms with Crippen molar-refractivity contribution in [3.63, 3.8) is 0 Å². The highest BCUT2D eigenvalue weighted by molar-refractivity contribution is 6.30. The van der Waals surface area contributed by atoms with E-state index in [2.05, 4.69) is 5.32 Å². The number of nitrogens with zero attached hydrogens (tertiary/aromatic N) is 1. The lowest BCUT2D eigenvalue weighted by Crippen LogP contribution is -2.26. The molecule has 3 rings (SSSR count). The number of benzene rings is 2. The standard InChI is InChI=1S/C20H17ClN2O2/c21-17-10-8-16(9-11-17)14-23-12-4-7-18(20(23)25)22-19(24)13-15-5-2-1-3-6-15/h1-12H,13-14H2,(H,22,24). The van der Waals surface area contributed by atoms with Gasteiger partial charge in [-0.1, -0.05) is 54.1 Å². The van der Waals surface area contributed by atoms with E-state index in [1.54, 1.807) is 35.0 Å². The van der Waals surface area contributed by atoms with Crippen molar-refractivity contribution in [2.75, 3.05) is 5.32 Å². The molecule has 0 atom stereocenters. The fourth-order valence-electron chi connectivity index (χ4n) is 2.52. The first-order valence-corrected chi connectivity index (χ1v) is 8.27. The molecule has 0 fully saturated rings. The van der Waals surface area contributed by atoms with Crippen LogP contribution < -0.4 is 10.9 Å². The summed E-state index contributed by atoms with van der Waals surface area (Å²) in [6.07, 6.45) is 1.93. The van der Waals surface area contributed by atoms with Crippen LogP contribution in [-0.4, -0.2) is 10.5 Å². The minimum absolute atomic E-state index is 0.215. The summed E-state index contributed by atoms with van der Waals surface area (Å²) in [7, 11) is 0. The normalized spacial score (nSPS) is 10.4. The summed E-state index contributed by atoms with van der Waals surface area (Å²) < 4.78 is 1.56. The van der Waals surface area contributed by atoms with Gasteiger partial charge in [-0.25, -0.2) is 0 Å². The van der Waals surface area contributed by atoms with Gasteiger partial charge in [0.15, 0.2) is 0 Å². The molecule has 3 aromatic rings. The van der Waals surface area contributed by atoms with Gasteiger partial charge in [0.2, 0.25) is 5.91 Å². The van der Waals surface area contributed by atoms with Gasteiger partial charge < -0.3 is 9.88 Å². The Bertz CT molecular complexity index is 918.